The minimum absolute atomic E-state index is 0.455. The lowest BCUT2D eigenvalue weighted by Crippen LogP contribution is -1.98. The molecule has 0 atom stereocenters. The Kier molecular flexibility index (Phi) is 3.16. The maximum absolute atomic E-state index is 6.23. The van der Waals surface area contributed by atoms with Crippen LogP contribution < -0.4 is 0 Å². The molecule has 0 bridgehead atoms. The van der Waals surface area contributed by atoms with E-state index in [1.807, 2.05) is 36.4 Å². The van der Waals surface area contributed by atoms with Crippen LogP contribution in [0.2, 0.25) is 5.15 Å². The third kappa shape index (κ3) is 2.43. The largest absolute Gasteiger partial charge is 0.244 e. The molecule has 0 spiro atoms. The van der Waals surface area contributed by atoms with Crippen molar-refractivity contribution in [3.05, 3.63) is 51.7 Å². The van der Waals surface area contributed by atoms with Gasteiger partial charge in [-0.3, -0.25) is 0 Å². The molecular weight excluding hydrogens is 350 g/mol. The molecule has 5 heteroatoms. The molecule has 2 aromatic heterocycles. The van der Waals surface area contributed by atoms with E-state index < -0.39 is 0 Å². The first-order chi connectivity index (χ1) is 10.2. The number of fused-ring (bicyclic) bond motifs is 1. The Hall–Kier alpha value is -1.52. The highest BCUT2D eigenvalue weighted by atomic mass is 79.9. The molecule has 0 radical (unpaired) electrons. The van der Waals surface area contributed by atoms with Gasteiger partial charge in [-0.05, 0) is 40.9 Å². The number of hydrogen-bond donors (Lipinski definition) is 0. The first kappa shape index (κ1) is 13.2. The minimum atomic E-state index is 0.455. The number of rotatable bonds is 2. The Bertz CT molecular complexity index is 846. The second-order valence-corrected chi connectivity index (χ2v) is 6.35. The molecule has 21 heavy (non-hydrogen) atoms. The zero-order chi connectivity index (χ0) is 14.4. The summed E-state index contributed by atoms with van der Waals surface area (Å²) in [5, 5.41) is 1.56. The Labute approximate surface area is 135 Å². The SMILES string of the molecule is Clc1nc(-c2ccc3ccccc3n2)nc(C2CC2)c1Br. The highest BCUT2D eigenvalue weighted by molar-refractivity contribution is 9.10. The van der Waals surface area contributed by atoms with Gasteiger partial charge in [0.2, 0.25) is 0 Å². The van der Waals surface area contributed by atoms with Crippen molar-refractivity contribution in [1.82, 2.24) is 15.0 Å². The van der Waals surface area contributed by atoms with Crippen LogP contribution in [0.1, 0.15) is 24.5 Å². The highest BCUT2D eigenvalue weighted by Gasteiger charge is 2.29. The Morgan fingerprint density at radius 2 is 1.81 bits per heavy atom. The lowest BCUT2D eigenvalue weighted by atomic mass is 10.2. The lowest BCUT2D eigenvalue weighted by Gasteiger charge is -2.07. The van der Waals surface area contributed by atoms with Gasteiger partial charge in [-0.25, -0.2) is 15.0 Å². The molecule has 0 saturated heterocycles. The summed E-state index contributed by atoms with van der Waals surface area (Å²) in [4.78, 5) is 13.7. The number of aromatic nitrogens is 3. The molecule has 0 aliphatic heterocycles. The standard InChI is InChI=1S/C16H11BrClN3/c17-13-14(10-5-6-10)20-16(21-15(13)18)12-8-7-9-3-1-2-4-11(9)19-12/h1-4,7-8,10H,5-6H2. The van der Waals surface area contributed by atoms with Gasteiger partial charge in [-0.2, -0.15) is 0 Å². The first-order valence-electron chi connectivity index (χ1n) is 6.81. The second-order valence-electron chi connectivity index (χ2n) is 5.20. The Morgan fingerprint density at radius 1 is 1.00 bits per heavy atom. The average molecular weight is 361 g/mol. The Morgan fingerprint density at radius 3 is 2.62 bits per heavy atom. The third-order valence-electron chi connectivity index (χ3n) is 3.63. The third-order valence-corrected chi connectivity index (χ3v) is 4.91. The van der Waals surface area contributed by atoms with Crippen LogP contribution in [-0.2, 0) is 0 Å². The molecule has 0 N–H and O–H groups in total. The quantitative estimate of drug-likeness (QED) is 0.605. The van der Waals surface area contributed by atoms with Crippen molar-refractivity contribution < 1.29 is 0 Å². The average Bonchev–Trinajstić information content (AvgIpc) is 3.34. The maximum Gasteiger partial charge on any atom is 0.179 e. The predicted octanol–water partition coefficient (Wildman–Crippen LogP) is 4.99. The molecule has 3 nitrogen and oxygen atoms in total. The number of para-hydroxylation sites is 1. The zero-order valence-corrected chi connectivity index (χ0v) is 13.4. The van der Waals surface area contributed by atoms with Crippen LogP contribution in [0.5, 0.6) is 0 Å². The van der Waals surface area contributed by atoms with Crippen LogP contribution in [0.3, 0.4) is 0 Å². The number of nitrogens with zero attached hydrogens (tertiary/aromatic N) is 3. The summed E-state index contributed by atoms with van der Waals surface area (Å²) in [5.41, 5.74) is 2.69. The van der Waals surface area contributed by atoms with Crippen molar-refractivity contribution in [3.63, 3.8) is 0 Å². The normalized spacial score (nSPS) is 14.6. The summed E-state index contributed by atoms with van der Waals surface area (Å²) in [5.74, 6) is 1.09. The summed E-state index contributed by atoms with van der Waals surface area (Å²) < 4.78 is 0.816. The molecule has 2 heterocycles. The summed E-state index contributed by atoms with van der Waals surface area (Å²) in [7, 11) is 0. The predicted molar refractivity (Wildman–Crippen MR) is 87.5 cm³/mol. The molecule has 3 aromatic rings. The van der Waals surface area contributed by atoms with Crippen molar-refractivity contribution in [1.29, 1.82) is 0 Å². The summed E-state index contributed by atoms with van der Waals surface area (Å²) in [6.45, 7) is 0. The van der Waals surface area contributed by atoms with Gasteiger partial charge in [0.1, 0.15) is 10.8 Å². The molecule has 0 unspecified atom stereocenters. The van der Waals surface area contributed by atoms with Crippen LogP contribution in [0.4, 0.5) is 0 Å². The van der Waals surface area contributed by atoms with Crippen molar-refractivity contribution in [2.75, 3.05) is 0 Å². The van der Waals surface area contributed by atoms with E-state index in [1.54, 1.807) is 0 Å². The van der Waals surface area contributed by atoms with Crippen molar-refractivity contribution >= 4 is 38.4 Å². The van der Waals surface area contributed by atoms with E-state index in [-0.39, 0.29) is 0 Å². The van der Waals surface area contributed by atoms with Crippen molar-refractivity contribution in [2.45, 2.75) is 18.8 Å². The van der Waals surface area contributed by atoms with Crippen LogP contribution in [-0.4, -0.2) is 15.0 Å². The van der Waals surface area contributed by atoms with Gasteiger partial charge in [0.25, 0.3) is 0 Å². The molecule has 1 aromatic carbocycles. The second kappa shape index (κ2) is 5.04. The molecule has 1 aliphatic rings. The van der Waals surface area contributed by atoms with E-state index in [1.165, 1.54) is 0 Å². The van der Waals surface area contributed by atoms with Gasteiger partial charge in [-0.1, -0.05) is 35.9 Å². The van der Waals surface area contributed by atoms with E-state index in [9.17, 15) is 0 Å². The molecule has 104 valence electrons. The summed E-state index contributed by atoms with van der Waals surface area (Å²) in [6.07, 6.45) is 2.33. The van der Waals surface area contributed by atoms with E-state index in [0.717, 1.165) is 39.6 Å². The fourth-order valence-corrected chi connectivity index (χ4v) is 3.05. The van der Waals surface area contributed by atoms with Crippen LogP contribution in [0, 0.1) is 0 Å². The van der Waals surface area contributed by atoms with Gasteiger partial charge < -0.3 is 0 Å². The monoisotopic (exact) mass is 359 g/mol. The number of halogens is 2. The zero-order valence-electron chi connectivity index (χ0n) is 11.1. The molecule has 1 saturated carbocycles. The van der Waals surface area contributed by atoms with Crippen LogP contribution in [0.15, 0.2) is 40.9 Å². The van der Waals surface area contributed by atoms with E-state index in [4.69, 9.17) is 11.6 Å². The van der Waals surface area contributed by atoms with Gasteiger partial charge in [-0.15, -0.1) is 0 Å². The molecular formula is C16H11BrClN3. The van der Waals surface area contributed by atoms with Gasteiger partial charge >= 0.3 is 0 Å². The van der Waals surface area contributed by atoms with Gasteiger partial charge in [0, 0.05) is 11.3 Å². The lowest BCUT2D eigenvalue weighted by molar-refractivity contribution is 0.975. The fourth-order valence-electron chi connectivity index (χ4n) is 2.37. The van der Waals surface area contributed by atoms with Gasteiger partial charge in [0.05, 0.1) is 15.7 Å². The molecule has 0 amide bonds. The molecule has 1 fully saturated rings. The van der Waals surface area contributed by atoms with Crippen LogP contribution >= 0.6 is 27.5 Å². The fraction of sp³-hybridized carbons (Fsp3) is 0.188. The van der Waals surface area contributed by atoms with Gasteiger partial charge in [0.15, 0.2) is 5.82 Å². The maximum atomic E-state index is 6.23. The van der Waals surface area contributed by atoms with Crippen LogP contribution in [0.25, 0.3) is 22.4 Å². The number of pyridine rings is 1. The highest BCUT2D eigenvalue weighted by Crippen LogP contribution is 2.44. The van der Waals surface area contributed by atoms with Crippen molar-refractivity contribution in [2.24, 2.45) is 0 Å². The summed E-state index contributed by atoms with van der Waals surface area (Å²) >= 11 is 9.72. The minimum Gasteiger partial charge on any atom is -0.244 e. The summed E-state index contributed by atoms with van der Waals surface area (Å²) in [6, 6.07) is 12.0. The number of benzene rings is 1. The Balaban J connectivity index is 1.87. The van der Waals surface area contributed by atoms with E-state index in [2.05, 4.69) is 30.9 Å². The molecule has 4 rings (SSSR count). The van der Waals surface area contributed by atoms with Crippen molar-refractivity contribution in [3.8, 4) is 11.5 Å². The van der Waals surface area contributed by atoms with E-state index in [0.29, 0.717) is 16.9 Å². The smallest absolute Gasteiger partial charge is 0.179 e. The molecule has 1 aliphatic carbocycles. The topological polar surface area (TPSA) is 38.7 Å². The number of hydrogen-bond acceptors (Lipinski definition) is 3. The van der Waals surface area contributed by atoms with E-state index >= 15 is 0 Å². The first-order valence-corrected chi connectivity index (χ1v) is 7.98.